The quantitative estimate of drug-likeness (QED) is 0.754. The Labute approximate surface area is 106 Å². The van der Waals surface area contributed by atoms with Gasteiger partial charge in [-0.05, 0) is 18.9 Å². The SMILES string of the molecule is NS(=O)(=O)c1c[nH]c(C(=O)NC2CCCCC2)c1. The van der Waals surface area contributed by atoms with E-state index in [0.717, 1.165) is 25.7 Å². The maximum atomic E-state index is 11.9. The molecule has 1 aliphatic carbocycles. The predicted molar refractivity (Wildman–Crippen MR) is 66.5 cm³/mol. The van der Waals surface area contributed by atoms with Crippen LogP contribution in [-0.4, -0.2) is 25.4 Å². The van der Waals surface area contributed by atoms with Gasteiger partial charge in [-0.3, -0.25) is 4.79 Å². The van der Waals surface area contributed by atoms with Gasteiger partial charge in [0.25, 0.3) is 5.91 Å². The number of H-pyrrole nitrogens is 1. The predicted octanol–water partition coefficient (Wildman–Crippen LogP) is 0.725. The van der Waals surface area contributed by atoms with E-state index in [-0.39, 0.29) is 22.5 Å². The largest absolute Gasteiger partial charge is 0.356 e. The lowest BCUT2D eigenvalue weighted by Gasteiger charge is -2.22. The number of aromatic nitrogens is 1. The molecular weight excluding hydrogens is 254 g/mol. The van der Waals surface area contributed by atoms with Crippen LogP contribution >= 0.6 is 0 Å². The van der Waals surface area contributed by atoms with E-state index in [1.807, 2.05) is 0 Å². The molecule has 4 N–H and O–H groups in total. The normalized spacial score (nSPS) is 17.6. The van der Waals surface area contributed by atoms with Crippen molar-refractivity contribution in [3.8, 4) is 0 Å². The summed E-state index contributed by atoms with van der Waals surface area (Å²) in [5.74, 6) is -0.281. The lowest BCUT2D eigenvalue weighted by Crippen LogP contribution is -2.36. The first-order valence-corrected chi connectivity index (χ1v) is 7.53. The van der Waals surface area contributed by atoms with E-state index in [4.69, 9.17) is 5.14 Å². The Morgan fingerprint density at radius 3 is 2.56 bits per heavy atom. The van der Waals surface area contributed by atoms with Crippen LogP contribution in [0.3, 0.4) is 0 Å². The van der Waals surface area contributed by atoms with Gasteiger partial charge in [0.2, 0.25) is 10.0 Å². The van der Waals surface area contributed by atoms with Crippen LogP contribution in [0.1, 0.15) is 42.6 Å². The van der Waals surface area contributed by atoms with Crippen LogP contribution in [0.5, 0.6) is 0 Å². The third-order valence-electron chi connectivity index (χ3n) is 3.17. The molecule has 0 saturated heterocycles. The van der Waals surface area contributed by atoms with Gasteiger partial charge in [0.05, 0.1) is 4.90 Å². The smallest absolute Gasteiger partial charge is 0.267 e. The van der Waals surface area contributed by atoms with Gasteiger partial charge in [0.1, 0.15) is 5.69 Å². The minimum atomic E-state index is -3.76. The Hall–Kier alpha value is -1.34. The second kappa shape index (κ2) is 5.11. The Kier molecular flexibility index (Phi) is 3.72. The van der Waals surface area contributed by atoms with Crippen LogP contribution in [0.25, 0.3) is 0 Å². The zero-order valence-corrected chi connectivity index (χ0v) is 10.8. The van der Waals surface area contributed by atoms with Crippen LogP contribution in [0.2, 0.25) is 0 Å². The zero-order valence-electron chi connectivity index (χ0n) is 9.98. The fourth-order valence-corrected chi connectivity index (χ4v) is 2.69. The molecule has 0 atom stereocenters. The Morgan fingerprint density at radius 1 is 1.33 bits per heavy atom. The molecule has 1 fully saturated rings. The molecule has 1 amide bonds. The van der Waals surface area contributed by atoms with E-state index < -0.39 is 10.0 Å². The van der Waals surface area contributed by atoms with E-state index in [0.29, 0.717) is 0 Å². The summed E-state index contributed by atoms with van der Waals surface area (Å²) in [5.41, 5.74) is 0.226. The highest BCUT2D eigenvalue weighted by Gasteiger charge is 2.19. The van der Waals surface area contributed by atoms with E-state index >= 15 is 0 Å². The first-order chi connectivity index (χ1) is 8.47. The monoisotopic (exact) mass is 271 g/mol. The number of nitrogens with two attached hydrogens (primary N) is 1. The fourth-order valence-electron chi connectivity index (χ4n) is 2.18. The van der Waals surface area contributed by atoms with E-state index in [9.17, 15) is 13.2 Å². The van der Waals surface area contributed by atoms with Crippen molar-refractivity contribution in [3.63, 3.8) is 0 Å². The third kappa shape index (κ3) is 3.11. The summed E-state index contributed by atoms with van der Waals surface area (Å²) < 4.78 is 22.2. The van der Waals surface area contributed by atoms with Gasteiger partial charge in [-0.15, -0.1) is 0 Å². The van der Waals surface area contributed by atoms with Gasteiger partial charge in [0.15, 0.2) is 0 Å². The summed E-state index contributed by atoms with van der Waals surface area (Å²) in [4.78, 5) is 14.4. The number of aromatic amines is 1. The Morgan fingerprint density at radius 2 is 2.00 bits per heavy atom. The van der Waals surface area contributed by atoms with E-state index in [1.54, 1.807) is 0 Å². The summed E-state index contributed by atoms with van der Waals surface area (Å²) in [5, 5.41) is 7.87. The number of sulfonamides is 1. The molecule has 0 aliphatic heterocycles. The minimum absolute atomic E-state index is 0.0729. The van der Waals surface area contributed by atoms with Gasteiger partial charge >= 0.3 is 0 Å². The molecule has 6 nitrogen and oxygen atoms in total. The summed E-state index contributed by atoms with van der Waals surface area (Å²) in [7, 11) is -3.76. The van der Waals surface area contributed by atoms with Gasteiger partial charge in [-0.25, -0.2) is 13.6 Å². The molecule has 0 spiro atoms. The van der Waals surface area contributed by atoms with E-state index in [2.05, 4.69) is 10.3 Å². The highest BCUT2D eigenvalue weighted by atomic mass is 32.2. The molecule has 1 heterocycles. The summed E-state index contributed by atoms with van der Waals surface area (Å²) >= 11 is 0. The van der Waals surface area contributed by atoms with Gasteiger partial charge < -0.3 is 10.3 Å². The molecule has 2 rings (SSSR count). The van der Waals surface area contributed by atoms with Gasteiger partial charge in [-0.1, -0.05) is 19.3 Å². The van der Waals surface area contributed by atoms with Crippen molar-refractivity contribution in [2.24, 2.45) is 5.14 Å². The Bertz CT molecular complexity index is 529. The summed E-state index contributed by atoms with van der Waals surface area (Å²) in [6, 6.07) is 1.44. The molecule has 7 heteroatoms. The average Bonchev–Trinajstić information content (AvgIpc) is 2.79. The molecule has 1 aromatic rings. The molecule has 1 aliphatic rings. The molecule has 0 radical (unpaired) electrons. The van der Waals surface area contributed by atoms with Crippen molar-refractivity contribution in [1.82, 2.24) is 10.3 Å². The van der Waals surface area contributed by atoms with E-state index in [1.165, 1.54) is 18.7 Å². The molecule has 0 aromatic carbocycles. The van der Waals surface area contributed by atoms with Crippen molar-refractivity contribution in [1.29, 1.82) is 0 Å². The van der Waals surface area contributed by atoms with Crippen molar-refractivity contribution in [2.45, 2.75) is 43.0 Å². The first-order valence-electron chi connectivity index (χ1n) is 5.99. The number of rotatable bonds is 3. The molecule has 100 valence electrons. The van der Waals surface area contributed by atoms with Crippen LogP contribution < -0.4 is 10.5 Å². The number of hydrogen-bond acceptors (Lipinski definition) is 3. The minimum Gasteiger partial charge on any atom is -0.356 e. The maximum absolute atomic E-state index is 11.9. The summed E-state index contributed by atoms with van der Waals surface area (Å²) in [6.45, 7) is 0. The second-order valence-electron chi connectivity index (χ2n) is 4.60. The number of amides is 1. The number of primary sulfonamides is 1. The highest BCUT2D eigenvalue weighted by molar-refractivity contribution is 7.89. The first kappa shape index (κ1) is 13.1. The number of hydrogen-bond donors (Lipinski definition) is 3. The third-order valence-corrected chi connectivity index (χ3v) is 4.06. The standard InChI is InChI=1S/C11H17N3O3S/c12-18(16,17)9-6-10(13-7-9)11(15)14-8-4-2-1-3-5-8/h6-8,13H,1-5H2,(H,14,15)(H2,12,16,17). The van der Waals surface area contributed by atoms with Gasteiger partial charge in [-0.2, -0.15) is 0 Å². The van der Waals surface area contributed by atoms with Crippen LogP contribution in [-0.2, 0) is 10.0 Å². The highest BCUT2D eigenvalue weighted by Crippen LogP contribution is 2.18. The molecule has 0 unspecified atom stereocenters. The lowest BCUT2D eigenvalue weighted by molar-refractivity contribution is 0.0923. The zero-order chi connectivity index (χ0) is 13.2. The average molecular weight is 271 g/mol. The van der Waals surface area contributed by atoms with Crippen molar-refractivity contribution >= 4 is 15.9 Å². The molecular formula is C11H17N3O3S. The van der Waals surface area contributed by atoms with Crippen LogP contribution in [0.15, 0.2) is 17.2 Å². The maximum Gasteiger partial charge on any atom is 0.267 e. The molecule has 18 heavy (non-hydrogen) atoms. The topological polar surface area (TPSA) is 105 Å². The lowest BCUT2D eigenvalue weighted by atomic mass is 9.95. The molecule has 1 saturated carbocycles. The second-order valence-corrected chi connectivity index (χ2v) is 6.16. The number of carbonyl (C=O) groups is 1. The van der Waals surface area contributed by atoms with Gasteiger partial charge in [0, 0.05) is 12.2 Å². The number of nitrogens with one attached hydrogen (secondary N) is 2. The number of carbonyl (C=O) groups excluding carboxylic acids is 1. The summed E-state index contributed by atoms with van der Waals surface area (Å²) in [6.07, 6.45) is 6.65. The van der Waals surface area contributed by atoms with Crippen molar-refractivity contribution < 1.29 is 13.2 Å². The fraction of sp³-hybridized carbons (Fsp3) is 0.545. The molecule has 1 aromatic heterocycles. The van der Waals surface area contributed by atoms with Crippen LogP contribution in [0.4, 0.5) is 0 Å². The van der Waals surface area contributed by atoms with Crippen molar-refractivity contribution in [3.05, 3.63) is 18.0 Å². The Balaban J connectivity index is 2.02. The van der Waals surface area contributed by atoms with Crippen LogP contribution in [0, 0.1) is 0 Å². The molecule has 0 bridgehead atoms. The van der Waals surface area contributed by atoms with Crippen molar-refractivity contribution in [2.75, 3.05) is 0 Å².